The fourth-order valence-corrected chi connectivity index (χ4v) is 5.82. The molecule has 0 spiro atoms. The topological polar surface area (TPSA) is 53.5 Å². The van der Waals surface area contributed by atoms with E-state index in [-0.39, 0.29) is 15.0 Å². The van der Waals surface area contributed by atoms with Crippen molar-refractivity contribution in [1.29, 1.82) is 0 Å². The molecule has 0 bridgehead atoms. The van der Waals surface area contributed by atoms with Gasteiger partial charge in [0.2, 0.25) is 0 Å². The summed E-state index contributed by atoms with van der Waals surface area (Å²) in [5.41, 5.74) is 5.78. The van der Waals surface area contributed by atoms with Crippen molar-refractivity contribution < 1.29 is 15.0 Å². The van der Waals surface area contributed by atoms with Crippen LogP contribution in [0.4, 0.5) is 0 Å². The summed E-state index contributed by atoms with van der Waals surface area (Å²) in [5.74, 6) is 0. The van der Waals surface area contributed by atoms with Gasteiger partial charge in [0, 0.05) is 0 Å². The van der Waals surface area contributed by atoms with Crippen molar-refractivity contribution in [3.63, 3.8) is 0 Å². The number of allylic oxidation sites excluding steroid dienone is 2. The Bertz CT molecular complexity index is 1510. The standard InChI is InChI=1S/C28H21N6.C4H5.Mn/c1-4-10-22(11-5-1)25-16-19-32(29-25)28(33-20-17-26(30-33)23-12-6-2-7-13-23)34-21-18-27(31-34)24-14-8-3-9-15-24;1-3-4-2;/h1-21H;1,3-4H,2H2;. The quantitative estimate of drug-likeness (QED) is 0.149. The number of hydrogen-bond donors (Lipinski definition) is 0. The molecule has 0 aliphatic carbocycles. The van der Waals surface area contributed by atoms with E-state index >= 15 is 0 Å². The fraction of sp³-hybridized carbons (Fsp3) is 0.0312. The Balaban J connectivity index is 1.55. The maximum absolute atomic E-state index is 5.09. The Hall–Kier alpha value is -4.71. The van der Waals surface area contributed by atoms with Gasteiger partial charge in [0.05, 0.1) is 0 Å². The van der Waals surface area contributed by atoms with E-state index in [1.54, 1.807) is 6.08 Å². The Morgan fingerprint density at radius 3 is 1.23 bits per heavy atom. The molecule has 191 valence electrons. The predicted octanol–water partition coefficient (Wildman–Crippen LogP) is 6.72. The summed E-state index contributed by atoms with van der Waals surface area (Å²) >= 11 is 0.154. The first-order valence-corrected chi connectivity index (χ1v) is 13.8. The van der Waals surface area contributed by atoms with E-state index in [1.807, 2.05) is 112 Å². The Morgan fingerprint density at radius 1 is 0.538 bits per heavy atom. The summed E-state index contributed by atoms with van der Waals surface area (Å²) in [6.07, 6.45) is 9.76. The zero-order valence-electron chi connectivity index (χ0n) is 21.1. The van der Waals surface area contributed by atoms with Crippen LogP contribution >= 0.6 is 0 Å². The molecule has 0 atom stereocenters. The molecule has 7 heteroatoms. The van der Waals surface area contributed by atoms with Gasteiger partial charge in [-0.15, -0.1) is 0 Å². The number of hydrogen-bond acceptors (Lipinski definition) is 3. The van der Waals surface area contributed by atoms with Gasteiger partial charge in [-0.25, -0.2) is 0 Å². The van der Waals surface area contributed by atoms with Gasteiger partial charge in [-0.3, -0.25) is 0 Å². The third-order valence-electron chi connectivity index (χ3n) is 6.27. The van der Waals surface area contributed by atoms with Gasteiger partial charge in [0.15, 0.2) is 0 Å². The molecular formula is C32H26MnN6. The molecule has 3 aromatic carbocycles. The number of nitrogens with zero attached hydrogens (tertiary/aromatic N) is 6. The number of rotatable bonds is 9. The molecule has 0 saturated carbocycles. The van der Waals surface area contributed by atoms with Gasteiger partial charge in [-0.05, 0) is 0 Å². The fourth-order valence-electron chi connectivity index (χ4n) is 4.37. The molecule has 0 aliphatic heterocycles. The van der Waals surface area contributed by atoms with Crippen molar-refractivity contribution in [2.24, 2.45) is 0 Å². The first kappa shape index (κ1) is 24.6. The Kier molecular flexibility index (Phi) is 6.91. The van der Waals surface area contributed by atoms with Crippen molar-refractivity contribution in [3.05, 3.63) is 151 Å². The molecule has 0 amide bonds. The molecule has 0 N–H and O–H groups in total. The van der Waals surface area contributed by atoms with Crippen LogP contribution in [0.1, 0.15) is 0 Å². The first-order chi connectivity index (χ1) is 19.3. The van der Waals surface area contributed by atoms with E-state index < -0.39 is 4.69 Å². The van der Waals surface area contributed by atoms with Crippen molar-refractivity contribution in [3.8, 4) is 33.8 Å². The molecule has 0 fully saturated rings. The number of benzene rings is 3. The van der Waals surface area contributed by atoms with Crippen molar-refractivity contribution in [2.75, 3.05) is 0 Å². The van der Waals surface area contributed by atoms with Gasteiger partial charge < -0.3 is 0 Å². The van der Waals surface area contributed by atoms with E-state index in [1.165, 1.54) is 0 Å². The molecule has 6 rings (SSSR count). The van der Waals surface area contributed by atoms with Crippen molar-refractivity contribution >= 4 is 0 Å². The third kappa shape index (κ3) is 4.81. The molecule has 0 unspecified atom stereocenters. The SMILES string of the molecule is C=CC=[CH][Mn][C](n1ccc(-c2ccccc2)n1)(n1ccc(-c2ccccc2)n1)n1ccc(-c2ccccc2)n1. The van der Waals surface area contributed by atoms with Crippen LogP contribution < -0.4 is 0 Å². The molecular weight excluding hydrogens is 523 g/mol. The van der Waals surface area contributed by atoms with E-state index in [0.717, 1.165) is 33.8 Å². The summed E-state index contributed by atoms with van der Waals surface area (Å²) in [7, 11) is 0. The van der Waals surface area contributed by atoms with E-state index in [9.17, 15) is 0 Å². The van der Waals surface area contributed by atoms with Crippen LogP contribution in [-0.4, -0.2) is 29.3 Å². The predicted molar refractivity (Wildman–Crippen MR) is 151 cm³/mol. The summed E-state index contributed by atoms with van der Waals surface area (Å²) < 4.78 is 4.99. The van der Waals surface area contributed by atoms with Gasteiger partial charge in [-0.2, -0.15) is 0 Å². The van der Waals surface area contributed by atoms with E-state index in [4.69, 9.17) is 15.3 Å². The van der Waals surface area contributed by atoms with Crippen LogP contribution in [0.25, 0.3) is 33.8 Å². The Morgan fingerprint density at radius 2 is 0.897 bits per heavy atom. The summed E-state index contributed by atoms with van der Waals surface area (Å²) in [6.45, 7) is 3.88. The average molecular weight is 550 g/mol. The van der Waals surface area contributed by atoms with Crippen LogP contribution in [0.3, 0.4) is 0 Å². The summed E-state index contributed by atoms with van der Waals surface area (Å²) in [6, 6.07) is 36.7. The Labute approximate surface area is 233 Å². The van der Waals surface area contributed by atoms with Gasteiger partial charge in [0.25, 0.3) is 0 Å². The van der Waals surface area contributed by atoms with Crippen LogP contribution in [-0.2, 0) is 19.6 Å². The van der Waals surface area contributed by atoms with Gasteiger partial charge in [0.1, 0.15) is 0 Å². The van der Waals surface area contributed by atoms with Crippen LogP contribution in [0, 0.1) is 0 Å². The first-order valence-electron chi connectivity index (χ1n) is 12.5. The van der Waals surface area contributed by atoms with Crippen LogP contribution in [0.5, 0.6) is 0 Å². The zero-order valence-corrected chi connectivity index (χ0v) is 22.3. The second-order valence-corrected chi connectivity index (χ2v) is 10.3. The number of aromatic nitrogens is 6. The normalized spacial score (nSPS) is 11.7. The van der Waals surface area contributed by atoms with Crippen LogP contribution in [0.15, 0.2) is 151 Å². The van der Waals surface area contributed by atoms with Gasteiger partial charge in [-0.1, -0.05) is 0 Å². The molecule has 0 aliphatic rings. The zero-order chi connectivity index (χ0) is 26.5. The van der Waals surface area contributed by atoms with Crippen molar-refractivity contribution in [1.82, 2.24) is 29.3 Å². The molecule has 39 heavy (non-hydrogen) atoms. The second-order valence-electron chi connectivity index (χ2n) is 8.75. The van der Waals surface area contributed by atoms with Gasteiger partial charge >= 0.3 is 234 Å². The minimum absolute atomic E-state index is 0.154. The molecule has 6 aromatic rings. The molecule has 0 radical (unpaired) electrons. The van der Waals surface area contributed by atoms with E-state index in [2.05, 4.69) is 48.0 Å². The average Bonchev–Trinajstić information content (AvgIpc) is 3.79. The molecule has 3 aromatic heterocycles. The monoisotopic (exact) mass is 549 g/mol. The van der Waals surface area contributed by atoms with E-state index in [0.29, 0.717) is 0 Å². The summed E-state index contributed by atoms with van der Waals surface area (Å²) in [4.78, 5) is 2.11. The van der Waals surface area contributed by atoms with Crippen molar-refractivity contribution in [2.45, 2.75) is 4.69 Å². The molecule has 3 heterocycles. The molecule has 0 saturated heterocycles. The maximum atomic E-state index is 5.09. The van der Waals surface area contributed by atoms with Crippen LogP contribution in [0.2, 0.25) is 0 Å². The minimum atomic E-state index is -0.907. The second kappa shape index (κ2) is 11.0. The molecule has 6 nitrogen and oxygen atoms in total. The summed E-state index contributed by atoms with van der Waals surface area (Å²) in [5, 5.41) is 15.3. The third-order valence-corrected chi connectivity index (χ3v) is 7.96.